The highest BCUT2D eigenvalue weighted by molar-refractivity contribution is 7.93. The summed E-state index contributed by atoms with van der Waals surface area (Å²) in [6.07, 6.45) is 2.91. The third-order valence-electron chi connectivity index (χ3n) is 3.35. The molecule has 25 heavy (non-hydrogen) atoms. The van der Waals surface area contributed by atoms with Gasteiger partial charge in [-0.1, -0.05) is 6.07 Å². The minimum Gasteiger partial charge on any atom is -0.390 e. The summed E-state index contributed by atoms with van der Waals surface area (Å²) in [5.74, 6) is 0.224. The zero-order chi connectivity index (χ0) is 18.1. The number of sulfone groups is 1. The van der Waals surface area contributed by atoms with Gasteiger partial charge in [0, 0.05) is 32.0 Å². The first-order chi connectivity index (χ1) is 12.0. The van der Waals surface area contributed by atoms with Crippen molar-refractivity contribution in [2.75, 3.05) is 25.4 Å². The number of hydrogen-bond acceptors (Lipinski definition) is 5. The fourth-order valence-corrected chi connectivity index (χ4v) is 4.66. The molecule has 2 aromatic rings. The first kappa shape index (κ1) is 19.5. The fourth-order valence-electron chi connectivity index (χ4n) is 2.19. The van der Waals surface area contributed by atoms with Crippen LogP contribution in [0.4, 0.5) is 0 Å². The molecular weight excluding hydrogens is 360 g/mol. The second-order valence-corrected chi connectivity index (χ2v) is 8.64. The van der Waals surface area contributed by atoms with Crippen molar-refractivity contribution in [2.24, 2.45) is 4.99 Å². The van der Waals surface area contributed by atoms with Crippen LogP contribution in [0.5, 0.6) is 0 Å². The molecule has 0 bridgehead atoms. The van der Waals surface area contributed by atoms with Crippen LogP contribution >= 0.6 is 11.3 Å². The Kier molecular flexibility index (Phi) is 7.48. The van der Waals surface area contributed by atoms with Gasteiger partial charge in [-0.25, -0.2) is 8.42 Å². The van der Waals surface area contributed by atoms with Crippen molar-refractivity contribution < 1.29 is 13.5 Å². The Labute approximate surface area is 152 Å². The molecule has 0 aliphatic carbocycles. The molecule has 0 spiro atoms. The van der Waals surface area contributed by atoms with E-state index in [2.05, 4.69) is 15.6 Å². The molecule has 2 aromatic heterocycles. The van der Waals surface area contributed by atoms with Gasteiger partial charge in [0.1, 0.15) is 4.21 Å². The summed E-state index contributed by atoms with van der Waals surface area (Å²) in [5.41, 5.74) is 0. The lowest BCUT2D eigenvalue weighted by Gasteiger charge is -2.13. The lowest BCUT2D eigenvalue weighted by Crippen LogP contribution is -2.39. The van der Waals surface area contributed by atoms with Gasteiger partial charge in [-0.2, -0.15) is 0 Å². The molecule has 0 saturated heterocycles. The van der Waals surface area contributed by atoms with E-state index in [1.165, 1.54) is 0 Å². The first-order valence-corrected chi connectivity index (χ1v) is 10.6. The molecule has 0 aliphatic heterocycles. The quantitative estimate of drug-likeness (QED) is 0.442. The smallest absolute Gasteiger partial charge is 0.191 e. The van der Waals surface area contributed by atoms with E-state index in [0.29, 0.717) is 19.0 Å². The zero-order valence-electron chi connectivity index (χ0n) is 14.1. The predicted octanol–water partition coefficient (Wildman–Crippen LogP) is 0.939. The van der Waals surface area contributed by atoms with Gasteiger partial charge >= 0.3 is 0 Å². The maximum Gasteiger partial charge on any atom is 0.191 e. The normalized spacial score (nSPS) is 13.6. The van der Waals surface area contributed by atoms with Gasteiger partial charge in [0.15, 0.2) is 15.8 Å². The van der Waals surface area contributed by atoms with Crippen LogP contribution in [0.15, 0.2) is 51.2 Å². The van der Waals surface area contributed by atoms with Crippen molar-refractivity contribution >= 4 is 27.1 Å². The van der Waals surface area contributed by atoms with E-state index in [9.17, 15) is 13.5 Å². The van der Waals surface area contributed by atoms with Gasteiger partial charge in [0.2, 0.25) is 0 Å². The largest absolute Gasteiger partial charge is 0.390 e. The molecule has 0 radical (unpaired) electrons. The van der Waals surface area contributed by atoms with Crippen LogP contribution in [0.25, 0.3) is 0 Å². The highest BCUT2D eigenvalue weighted by atomic mass is 32.2. The number of aliphatic hydroxyl groups is 1. The average Bonchev–Trinajstić information content (AvgIpc) is 3.25. The van der Waals surface area contributed by atoms with Crippen molar-refractivity contribution in [1.29, 1.82) is 0 Å². The molecule has 1 unspecified atom stereocenters. The Balaban J connectivity index is 1.84. The Bertz CT molecular complexity index is 740. The van der Waals surface area contributed by atoms with Gasteiger partial charge in [-0.3, -0.25) is 4.99 Å². The minimum absolute atomic E-state index is 0.0173. The molecule has 0 aliphatic rings. The van der Waals surface area contributed by atoms with E-state index in [1.807, 2.05) is 36.0 Å². The van der Waals surface area contributed by atoms with Gasteiger partial charge < -0.3 is 20.3 Å². The fraction of sp³-hybridized carbons (Fsp3) is 0.438. The predicted molar refractivity (Wildman–Crippen MR) is 101 cm³/mol. The molecule has 2 heterocycles. The van der Waals surface area contributed by atoms with Crippen LogP contribution in [0.3, 0.4) is 0 Å². The number of aliphatic imine (C=N–C) groups is 1. The number of aliphatic hydroxyl groups excluding tert-OH is 1. The van der Waals surface area contributed by atoms with Crippen LogP contribution in [0, 0.1) is 0 Å². The lowest BCUT2D eigenvalue weighted by atomic mass is 10.4. The van der Waals surface area contributed by atoms with Crippen LogP contribution in [0.2, 0.25) is 0 Å². The number of guanidine groups is 1. The maximum atomic E-state index is 12.1. The molecule has 2 rings (SSSR count). The van der Waals surface area contributed by atoms with Crippen molar-refractivity contribution in [3.05, 3.63) is 42.0 Å². The summed E-state index contributed by atoms with van der Waals surface area (Å²) >= 11 is 1.15. The number of aromatic nitrogens is 1. The van der Waals surface area contributed by atoms with E-state index in [0.717, 1.165) is 17.9 Å². The topological polar surface area (TPSA) is 95.7 Å². The van der Waals surface area contributed by atoms with Gasteiger partial charge in [-0.15, -0.1) is 11.3 Å². The Morgan fingerprint density at radius 3 is 2.72 bits per heavy atom. The van der Waals surface area contributed by atoms with Gasteiger partial charge in [-0.05, 0) is 30.5 Å². The highest BCUT2D eigenvalue weighted by Gasteiger charge is 2.20. The van der Waals surface area contributed by atoms with Crippen LogP contribution in [-0.2, 0) is 16.4 Å². The summed E-state index contributed by atoms with van der Waals surface area (Å²) in [7, 11) is -3.47. The van der Waals surface area contributed by atoms with Crippen molar-refractivity contribution in [2.45, 2.75) is 23.8 Å². The molecule has 0 amide bonds. The Morgan fingerprint density at radius 1 is 1.32 bits per heavy atom. The third-order valence-corrected chi connectivity index (χ3v) is 6.63. The SMILES string of the molecule is CCNC(=NCC(O)CS(=O)(=O)c1cccs1)NCCn1cccc1. The monoisotopic (exact) mass is 384 g/mol. The molecule has 0 fully saturated rings. The third kappa shape index (κ3) is 6.52. The molecule has 1 atom stereocenters. The molecular formula is C16H24N4O3S2. The van der Waals surface area contributed by atoms with E-state index >= 15 is 0 Å². The number of nitrogens with zero attached hydrogens (tertiary/aromatic N) is 2. The molecule has 3 N–H and O–H groups in total. The highest BCUT2D eigenvalue weighted by Crippen LogP contribution is 2.18. The van der Waals surface area contributed by atoms with Crippen LogP contribution in [-0.4, -0.2) is 55.5 Å². The Hall–Kier alpha value is -1.84. The van der Waals surface area contributed by atoms with Crippen LogP contribution in [0.1, 0.15) is 6.92 Å². The lowest BCUT2D eigenvalue weighted by molar-refractivity contribution is 0.206. The van der Waals surface area contributed by atoms with Crippen molar-refractivity contribution in [3.63, 3.8) is 0 Å². The van der Waals surface area contributed by atoms with Gasteiger partial charge in [0.05, 0.1) is 18.4 Å². The van der Waals surface area contributed by atoms with Crippen molar-refractivity contribution in [1.82, 2.24) is 15.2 Å². The second-order valence-electron chi connectivity index (χ2n) is 5.43. The zero-order valence-corrected chi connectivity index (χ0v) is 15.8. The first-order valence-electron chi connectivity index (χ1n) is 8.08. The van der Waals surface area contributed by atoms with E-state index in [-0.39, 0.29) is 16.5 Å². The molecule has 0 saturated carbocycles. The number of thiophene rings is 1. The van der Waals surface area contributed by atoms with Gasteiger partial charge in [0.25, 0.3) is 0 Å². The summed E-state index contributed by atoms with van der Waals surface area (Å²) in [5, 5.41) is 18.0. The van der Waals surface area contributed by atoms with Crippen LogP contribution < -0.4 is 10.6 Å². The summed E-state index contributed by atoms with van der Waals surface area (Å²) in [6, 6.07) is 7.15. The van der Waals surface area contributed by atoms with E-state index < -0.39 is 15.9 Å². The average molecular weight is 385 g/mol. The number of rotatable bonds is 9. The van der Waals surface area contributed by atoms with E-state index in [1.54, 1.807) is 17.5 Å². The standard InChI is InChI=1S/C16H24N4O3S2/c1-2-17-16(18-7-10-20-8-3-4-9-20)19-12-14(21)13-25(22,23)15-6-5-11-24-15/h3-6,8-9,11,14,21H,2,7,10,12-13H2,1H3,(H2,17,18,19). The number of nitrogens with one attached hydrogen (secondary N) is 2. The van der Waals surface area contributed by atoms with Crippen molar-refractivity contribution in [3.8, 4) is 0 Å². The molecule has 9 heteroatoms. The molecule has 138 valence electrons. The molecule has 7 nitrogen and oxygen atoms in total. The van der Waals surface area contributed by atoms with E-state index in [4.69, 9.17) is 0 Å². The molecule has 0 aromatic carbocycles. The Morgan fingerprint density at radius 2 is 2.08 bits per heavy atom. The summed E-state index contributed by atoms with van der Waals surface area (Å²) < 4.78 is 26.6. The summed E-state index contributed by atoms with van der Waals surface area (Å²) in [4.78, 5) is 4.27. The summed E-state index contributed by atoms with van der Waals surface area (Å²) in [6.45, 7) is 4.10. The minimum atomic E-state index is -3.47. The second kappa shape index (κ2) is 9.59. The maximum absolute atomic E-state index is 12.1. The number of hydrogen-bond donors (Lipinski definition) is 3.